The fraction of sp³-hybridized carbons (Fsp3) is 0.500. The fourth-order valence-corrected chi connectivity index (χ4v) is 3.38. The molecule has 1 aromatic heterocycles. The molecule has 96 valence electrons. The summed E-state index contributed by atoms with van der Waals surface area (Å²) in [6.45, 7) is 3.55. The highest BCUT2D eigenvalue weighted by molar-refractivity contribution is 7.17. The molecule has 1 unspecified atom stereocenters. The number of hydrogen-bond donors (Lipinski definition) is 1. The van der Waals surface area contributed by atoms with Crippen LogP contribution in [-0.4, -0.2) is 12.6 Å². The van der Waals surface area contributed by atoms with Crippen molar-refractivity contribution in [3.05, 3.63) is 35.2 Å². The number of thiophene rings is 1. The smallest absolute Gasteiger partial charge is 0.0345 e. The molecule has 0 aliphatic heterocycles. The molecule has 3 rings (SSSR count). The first-order valence-electron chi connectivity index (χ1n) is 7.01. The third-order valence-corrected chi connectivity index (χ3v) is 4.81. The van der Waals surface area contributed by atoms with E-state index in [2.05, 4.69) is 41.9 Å². The van der Waals surface area contributed by atoms with E-state index in [0.29, 0.717) is 0 Å². The first kappa shape index (κ1) is 12.2. The van der Waals surface area contributed by atoms with Crippen molar-refractivity contribution < 1.29 is 0 Å². The third kappa shape index (κ3) is 2.93. The molecule has 1 atom stereocenters. The van der Waals surface area contributed by atoms with Crippen LogP contribution in [0.5, 0.6) is 0 Å². The zero-order valence-electron chi connectivity index (χ0n) is 11.0. The predicted octanol–water partition coefficient (Wildman–Crippen LogP) is 4.22. The van der Waals surface area contributed by atoms with Gasteiger partial charge in [-0.2, -0.15) is 0 Å². The molecule has 1 heterocycles. The maximum atomic E-state index is 3.63. The third-order valence-electron chi connectivity index (χ3n) is 3.80. The predicted molar refractivity (Wildman–Crippen MR) is 80.3 cm³/mol. The molecule has 1 fully saturated rings. The van der Waals surface area contributed by atoms with Crippen LogP contribution in [0, 0.1) is 5.92 Å². The van der Waals surface area contributed by atoms with Crippen LogP contribution < -0.4 is 5.32 Å². The van der Waals surface area contributed by atoms with Gasteiger partial charge in [-0.1, -0.05) is 25.1 Å². The summed E-state index contributed by atoms with van der Waals surface area (Å²) < 4.78 is 1.43. The lowest BCUT2D eigenvalue weighted by atomic mass is 10.0. The van der Waals surface area contributed by atoms with Crippen LogP contribution in [-0.2, 0) is 6.42 Å². The van der Waals surface area contributed by atoms with Crippen molar-refractivity contribution in [1.82, 2.24) is 5.32 Å². The average molecular weight is 259 g/mol. The molecule has 0 bridgehead atoms. The molecule has 0 amide bonds. The van der Waals surface area contributed by atoms with Gasteiger partial charge in [0.15, 0.2) is 0 Å². The lowest BCUT2D eigenvalue weighted by molar-refractivity contribution is 0.480. The topological polar surface area (TPSA) is 12.0 Å². The monoisotopic (exact) mass is 259 g/mol. The van der Waals surface area contributed by atoms with Crippen molar-refractivity contribution in [3.63, 3.8) is 0 Å². The van der Waals surface area contributed by atoms with E-state index in [-0.39, 0.29) is 0 Å². The Bertz CT molecular complexity index is 513. The minimum atomic E-state index is 0.782. The molecule has 0 saturated heterocycles. The number of fused-ring (bicyclic) bond motifs is 1. The van der Waals surface area contributed by atoms with Gasteiger partial charge in [-0.25, -0.2) is 0 Å². The van der Waals surface area contributed by atoms with E-state index < -0.39 is 0 Å². The van der Waals surface area contributed by atoms with Gasteiger partial charge in [0, 0.05) is 10.7 Å². The van der Waals surface area contributed by atoms with Crippen LogP contribution in [0.2, 0.25) is 0 Å². The Kier molecular flexibility index (Phi) is 3.67. The van der Waals surface area contributed by atoms with E-state index in [0.717, 1.165) is 12.0 Å². The maximum Gasteiger partial charge on any atom is 0.0345 e. The lowest BCUT2D eigenvalue weighted by Gasteiger charge is -2.11. The van der Waals surface area contributed by atoms with E-state index in [1.165, 1.54) is 47.9 Å². The number of aryl methyl sites for hydroxylation is 1. The van der Waals surface area contributed by atoms with Crippen molar-refractivity contribution in [2.75, 3.05) is 6.54 Å². The van der Waals surface area contributed by atoms with Crippen molar-refractivity contribution in [2.24, 2.45) is 5.92 Å². The summed E-state index contributed by atoms with van der Waals surface area (Å²) in [6, 6.07) is 9.60. The molecular formula is C16H21NS. The van der Waals surface area contributed by atoms with Crippen LogP contribution in [0.25, 0.3) is 10.1 Å². The van der Waals surface area contributed by atoms with E-state index in [4.69, 9.17) is 0 Å². The van der Waals surface area contributed by atoms with Gasteiger partial charge in [-0.15, -0.1) is 11.3 Å². The second-order valence-corrected chi connectivity index (χ2v) is 6.49. The molecule has 0 spiro atoms. The van der Waals surface area contributed by atoms with Crippen molar-refractivity contribution >= 4 is 21.4 Å². The highest BCUT2D eigenvalue weighted by Gasteiger charge is 2.20. The summed E-state index contributed by atoms with van der Waals surface area (Å²) in [5.41, 5.74) is 1.54. The van der Waals surface area contributed by atoms with E-state index >= 15 is 0 Å². The molecule has 1 aromatic carbocycles. The average Bonchev–Trinajstić information content (AvgIpc) is 3.14. The van der Waals surface area contributed by atoms with E-state index in [9.17, 15) is 0 Å². The highest BCUT2D eigenvalue weighted by Crippen LogP contribution is 2.27. The number of benzene rings is 1. The van der Waals surface area contributed by atoms with Gasteiger partial charge < -0.3 is 5.32 Å². The van der Waals surface area contributed by atoms with Crippen LogP contribution in [0.4, 0.5) is 0 Å². The van der Waals surface area contributed by atoms with E-state index in [1.54, 1.807) is 0 Å². The fourth-order valence-electron chi connectivity index (χ4n) is 2.39. The Morgan fingerprint density at radius 2 is 2.17 bits per heavy atom. The molecule has 1 N–H and O–H groups in total. The van der Waals surface area contributed by atoms with Crippen molar-refractivity contribution in [2.45, 2.75) is 38.6 Å². The molecule has 18 heavy (non-hydrogen) atoms. The normalized spacial score (nSPS) is 17.2. The minimum Gasteiger partial charge on any atom is -0.314 e. The second kappa shape index (κ2) is 5.41. The molecule has 1 aliphatic rings. The summed E-state index contributed by atoms with van der Waals surface area (Å²) in [5, 5.41) is 7.43. The number of hydrogen-bond acceptors (Lipinski definition) is 2. The van der Waals surface area contributed by atoms with Gasteiger partial charge in [0.05, 0.1) is 0 Å². The summed E-state index contributed by atoms with van der Waals surface area (Å²) in [7, 11) is 0. The molecule has 1 aliphatic carbocycles. The first-order chi connectivity index (χ1) is 8.83. The Morgan fingerprint density at radius 3 is 3.00 bits per heavy atom. The Morgan fingerprint density at radius 1 is 1.33 bits per heavy atom. The van der Waals surface area contributed by atoms with Gasteiger partial charge in [0.2, 0.25) is 0 Å². The van der Waals surface area contributed by atoms with Gasteiger partial charge in [0.25, 0.3) is 0 Å². The molecule has 2 aromatic rings. The number of rotatable bonds is 6. The van der Waals surface area contributed by atoms with Crippen LogP contribution >= 0.6 is 11.3 Å². The second-order valence-electron chi connectivity index (χ2n) is 5.58. The quantitative estimate of drug-likeness (QED) is 0.819. The van der Waals surface area contributed by atoms with Gasteiger partial charge in [0.1, 0.15) is 0 Å². The van der Waals surface area contributed by atoms with Gasteiger partial charge in [-0.3, -0.25) is 0 Å². The number of nitrogens with one attached hydrogen (secondary N) is 1. The zero-order valence-corrected chi connectivity index (χ0v) is 11.8. The van der Waals surface area contributed by atoms with Crippen LogP contribution in [0.3, 0.4) is 0 Å². The summed E-state index contributed by atoms with van der Waals surface area (Å²) in [5.74, 6) is 0.782. The molecule has 0 radical (unpaired) electrons. The standard InChI is InChI=1S/C16H21NS/c1-12(10-17-14-8-9-14)6-7-13-11-18-16-5-3-2-4-15(13)16/h2-5,11-12,14,17H,6-10H2,1H3. The Labute approximate surface area is 113 Å². The molecule has 2 heteroatoms. The van der Waals surface area contributed by atoms with Crippen LogP contribution in [0.1, 0.15) is 31.7 Å². The van der Waals surface area contributed by atoms with Gasteiger partial charge >= 0.3 is 0 Å². The van der Waals surface area contributed by atoms with Crippen molar-refractivity contribution in [1.29, 1.82) is 0 Å². The summed E-state index contributed by atoms with van der Waals surface area (Å²) in [6.07, 6.45) is 5.29. The lowest BCUT2D eigenvalue weighted by Crippen LogP contribution is -2.23. The Hall–Kier alpha value is -0.860. The van der Waals surface area contributed by atoms with Crippen LogP contribution in [0.15, 0.2) is 29.6 Å². The molecule has 1 nitrogen and oxygen atoms in total. The van der Waals surface area contributed by atoms with Gasteiger partial charge in [-0.05, 0) is 60.5 Å². The highest BCUT2D eigenvalue weighted by atomic mass is 32.1. The Balaban J connectivity index is 1.55. The maximum absolute atomic E-state index is 3.63. The largest absolute Gasteiger partial charge is 0.314 e. The SMILES string of the molecule is CC(CCc1csc2ccccc12)CNC1CC1. The first-order valence-corrected chi connectivity index (χ1v) is 7.89. The minimum absolute atomic E-state index is 0.782. The molecular weight excluding hydrogens is 238 g/mol. The zero-order chi connectivity index (χ0) is 12.4. The summed E-state index contributed by atoms with van der Waals surface area (Å²) >= 11 is 1.88. The molecule has 1 saturated carbocycles. The van der Waals surface area contributed by atoms with E-state index in [1.807, 2.05) is 11.3 Å². The summed E-state index contributed by atoms with van der Waals surface area (Å²) in [4.78, 5) is 0. The van der Waals surface area contributed by atoms with Crippen molar-refractivity contribution in [3.8, 4) is 0 Å².